The van der Waals surface area contributed by atoms with Crippen LogP contribution < -0.4 is 0 Å². The summed E-state index contributed by atoms with van der Waals surface area (Å²) in [6.45, 7) is 13.3. The molecule has 4 aromatic carbocycles. The third kappa shape index (κ3) is 6.33. The van der Waals surface area contributed by atoms with Gasteiger partial charge in [-0.3, -0.25) is 0 Å². The van der Waals surface area contributed by atoms with Crippen molar-refractivity contribution >= 4 is 12.2 Å². The van der Waals surface area contributed by atoms with Crippen LogP contribution in [0.3, 0.4) is 0 Å². The third-order valence-corrected chi connectivity index (χ3v) is 14.9. The third-order valence-electron chi connectivity index (χ3n) is 11.3. The number of rotatable bonds is 10. The first-order valence-electron chi connectivity index (χ1n) is 18.6. The summed E-state index contributed by atoms with van der Waals surface area (Å²) in [5.74, 6) is 5.38. The second-order valence-corrected chi connectivity index (χ2v) is 18.0. The predicted molar refractivity (Wildman–Crippen MR) is 208 cm³/mol. The predicted octanol–water partition coefficient (Wildman–Crippen LogP) is 13.6. The Hall–Kier alpha value is -4.20. The number of fused-ring (bicyclic) bond motifs is 2. The zero-order valence-electron chi connectivity index (χ0n) is 30.6. The molecule has 0 saturated carbocycles. The normalized spacial score (nSPS) is 17.5. The van der Waals surface area contributed by atoms with Gasteiger partial charge < -0.3 is 0 Å². The first kappa shape index (κ1) is 33.9. The van der Waals surface area contributed by atoms with Crippen LogP contribution in [0.1, 0.15) is 121 Å². The van der Waals surface area contributed by atoms with E-state index in [2.05, 4.69) is 163 Å². The molecular weight excluding hydrogens is 700 g/mol. The van der Waals surface area contributed by atoms with E-state index in [0.29, 0.717) is 11.8 Å². The molecule has 2 aliphatic carbocycles. The monoisotopic (exact) mass is 744 g/mol. The van der Waals surface area contributed by atoms with E-state index >= 15 is 0 Å². The van der Waals surface area contributed by atoms with Crippen molar-refractivity contribution in [2.45, 2.75) is 78.1 Å². The van der Waals surface area contributed by atoms with Crippen molar-refractivity contribution in [3.05, 3.63) is 172 Å². The van der Waals surface area contributed by atoms with Crippen molar-refractivity contribution in [2.24, 2.45) is 0 Å². The van der Waals surface area contributed by atoms with Gasteiger partial charge in [-0.1, -0.05) is 0 Å². The Morgan fingerprint density at radius 1 is 0.529 bits per heavy atom. The molecule has 0 fully saturated rings. The Morgan fingerprint density at radius 3 is 1.29 bits per heavy atom. The minimum atomic E-state index is -1.36. The molecular formula is C48H46O2Zr. The SMILES string of the molecule is CCC(C)c1ccc(-c2cccc3c2C=[C]([Zr][C]2=Cc4c(-c5ccc(C(C)CC)cc5)cccc4C2c2ccc(C)o2)C3c2ccc(C)o2)cc1. The molecule has 3 heteroatoms. The molecule has 0 bridgehead atoms. The maximum absolute atomic E-state index is 6.46. The number of allylic oxidation sites excluding steroid dienone is 2. The second kappa shape index (κ2) is 14.1. The molecule has 0 spiro atoms. The van der Waals surface area contributed by atoms with E-state index in [1.807, 2.05) is 0 Å². The van der Waals surface area contributed by atoms with Crippen LogP contribution in [-0.2, 0) is 23.2 Å². The van der Waals surface area contributed by atoms with Crippen molar-refractivity contribution in [3.63, 3.8) is 0 Å². The summed E-state index contributed by atoms with van der Waals surface area (Å²) in [5.41, 5.74) is 13.3. The van der Waals surface area contributed by atoms with Crippen molar-refractivity contribution in [2.75, 3.05) is 0 Å². The van der Waals surface area contributed by atoms with Gasteiger partial charge in [0.05, 0.1) is 0 Å². The molecule has 4 atom stereocenters. The Morgan fingerprint density at radius 2 is 0.941 bits per heavy atom. The van der Waals surface area contributed by atoms with E-state index in [-0.39, 0.29) is 11.8 Å². The van der Waals surface area contributed by atoms with Crippen molar-refractivity contribution in [3.8, 4) is 22.3 Å². The summed E-state index contributed by atoms with van der Waals surface area (Å²) in [4.78, 5) is 0. The average Bonchev–Trinajstić information content (AvgIpc) is 3.95. The van der Waals surface area contributed by atoms with Crippen LogP contribution in [0.4, 0.5) is 0 Å². The number of hydrogen-bond donors (Lipinski definition) is 0. The van der Waals surface area contributed by atoms with Gasteiger partial charge in [-0.15, -0.1) is 0 Å². The molecule has 2 nitrogen and oxygen atoms in total. The van der Waals surface area contributed by atoms with E-state index in [1.54, 1.807) is 0 Å². The molecule has 51 heavy (non-hydrogen) atoms. The van der Waals surface area contributed by atoms with Gasteiger partial charge in [-0.05, 0) is 0 Å². The first-order valence-corrected chi connectivity index (χ1v) is 21.1. The van der Waals surface area contributed by atoms with Crippen molar-refractivity contribution < 1.29 is 32.1 Å². The molecule has 2 heterocycles. The van der Waals surface area contributed by atoms with Gasteiger partial charge in [0.15, 0.2) is 0 Å². The Balaban J connectivity index is 1.23. The molecule has 254 valence electrons. The fourth-order valence-electron chi connectivity index (χ4n) is 7.98. The van der Waals surface area contributed by atoms with Crippen LogP contribution in [0.15, 0.2) is 125 Å². The Labute approximate surface area is 314 Å². The number of benzene rings is 4. The molecule has 0 aliphatic heterocycles. The quantitative estimate of drug-likeness (QED) is 0.140. The van der Waals surface area contributed by atoms with E-state index < -0.39 is 23.2 Å². The van der Waals surface area contributed by atoms with Crippen LogP contribution >= 0.6 is 0 Å². The summed E-state index contributed by atoms with van der Waals surface area (Å²) in [6.07, 6.45) is 7.36. The van der Waals surface area contributed by atoms with Gasteiger partial charge in [0.25, 0.3) is 0 Å². The summed E-state index contributed by atoms with van der Waals surface area (Å²) < 4.78 is 16.0. The molecule has 6 aromatic rings. The van der Waals surface area contributed by atoms with Crippen LogP contribution in [0, 0.1) is 13.8 Å². The van der Waals surface area contributed by atoms with E-state index in [4.69, 9.17) is 8.83 Å². The summed E-state index contributed by atoms with van der Waals surface area (Å²) >= 11 is -1.36. The van der Waals surface area contributed by atoms with Gasteiger partial charge in [0, 0.05) is 0 Å². The molecule has 2 aromatic heterocycles. The molecule has 4 unspecified atom stereocenters. The van der Waals surface area contributed by atoms with Crippen LogP contribution in [0.2, 0.25) is 0 Å². The fourth-order valence-corrected chi connectivity index (χ4v) is 12.0. The zero-order valence-corrected chi connectivity index (χ0v) is 33.0. The number of aryl methyl sites for hydroxylation is 2. The maximum atomic E-state index is 6.46. The van der Waals surface area contributed by atoms with Crippen molar-refractivity contribution in [1.82, 2.24) is 0 Å². The van der Waals surface area contributed by atoms with Gasteiger partial charge in [0.2, 0.25) is 0 Å². The molecule has 0 saturated heterocycles. The van der Waals surface area contributed by atoms with Crippen LogP contribution in [-0.4, -0.2) is 0 Å². The van der Waals surface area contributed by atoms with Crippen LogP contribution in [0.5, 0.6) is 0 Å². The van der Waals surface area contributed by atoms with E-state index in [9.17, 15) is 0 Å². The van der Waals surface area contributed by atoms with Gasteiger partial charge in [-0.25, -0.2) is 0 Å². The Bertz CT molecular complexity index is 2100. The zero-order chi connectivity index (χ0) is 35.2. The van der Waals surface area contributed by atoms with Gasteiger partial charge >= 0.3 is 317 Å². The minimum absolute atomic E-state index is 0.121. The van der Waals surface area contributed by atoms with Crippen LogP contribution in [0.25, 0.3) is 34.4 Å². The van der Waals surface area contributed by atoms with Gasteiger partial charge in [-0.2, -0.15) is 0 Å². The molecule has 2 aliphatic rings. The van der Waals surface area contributed by atoms with E-state index in [1.165, 1.54) is 62.2 Å². The summed E-state index contributed by atoms with van der Waals surface area (Å²) in [6, 6.07) is 40.9. The molecule has 8 rings (SSSR count). The number of hydrogen-bond acceptors (Lipinski definition) is 2. The molecule has 0 N–H and O–H groups in total. The van der Waals surface area contributed by atoms with E-state index in [0.717, 1.165) is 35.9 Å². The fraction of sp³-hybridized carbons (Fsp3) is 0.250. The molecule has 0 radical (unpaired) electrons. The number of furan rings is 2. The van der Waals surface area contributed by atoms with Gasteiger partial charge in [0.1, 0.15) is 0 Å². The summed E-state index contributed by atoms with van der Waals surface area (Å²) in [7, 11) is 0. The standard InChI is InChI=1S/2C24H23O.Zr/c2*1-4-16(2)18-9-11-19(12-10-18)20-6-5-7-21-22(20)13-14-23(21)24-15-8-17(3)25-24;/h2*5-13,15-16,23H,4H2,1-3H3;. The topological polar surface area (TPSA) is 26.3 Å². The average molecular weight is 746 g/mol. The Kier molecular flexibility index (Phi) is 9.37. The first-order chi connectivity index (χ1) is 24.8. The van der Waals surface area contributed by atoms with Crippen molar-refractivity contribution in [1.29, 1.82) is 0 Å². The summed E-state index contributed by atoms with van der Waals surface area (Å²) in [5, 5.41) is 0. The molecule has 0 amide bonds. The second-order valence-electron chi connectivity index (χ2n) is 14.6.